The molecule has 0 spiro atoms. The number of hydrogen-bond acceptors (Lipinski definition) is 1. The molecule has 1 N–H and O–H groups in total. The third-order valence-electron chi connectivity index (χ3n) is 3.45. The number of aryl methyl sites for hydroxylation is 3. The predicted octanol–water partition coefficient (Wildman–Crippen LogP) is 5.39. The van der Waals surface area contributed by atoms with Gasteiger partial charge in [-0.1, -0.05) is 43.7 Å². The lowest BCUT2D eigenvalue weighted by molar-refractivity contribution is 0.794. The van der Waals surface area contributed by atoms with Crippen LogP contribution < -0.4 is 5.32 Å². The first-order valence-corrected chi connectivity index (χ1v) is 7.13. The minimum atomic E-state index is 1.15. The van der Waals surface area contributed by atoms with E-state index in [1.165, 1.54) is 41.6 Å². The fourth-order valence-corrected chi connectivity index (χ4v) is 2.44. The molecule has 0 aliphatic heterocycles. The predicted molar refractivity (Wildman–Crippen MR) is 84.3 cm³/mol. The first-order valence-electron chi connectivity index (χ1n) is 7.13. The molecule has 2 aromatic rings. The molecular weight excluding hydrogens is 230 g/mol. The highest BCUT2D eigenvalue weighted by Gasteiger charge is 2.05. The lowest BCUT2D eigenvalue weighted by atomic mass is 10.0. The monoisotopic (exact) mass is 253 g/mol. The maximum Gasteiger partial charge on any atom is 0.0443 e. The van der Waals surface area contributed by atoms with Gasteiger partial charge < -0.3 is 5.32 Å². The van der Waals surface area contributed by atoms with E-state index >= 15 is 0 Å². The summed E-state index contributed by atoms with van der Waals surface area (Å²) in [5.41, 5.74) is 6.50. The third-order valence-corrected chi connectivity index (χ3v) is 3.45. The van der Waals surface area contributed by atoms with Crippen molar-refractivity contribution in [2.75, 3.05) is 5.32 Å². The number of hydrogen-bond donors (Lipinski definition) is 1. The van der Waals surface area contributed by atoms with Crippen LogP contribution in [0.15, 0.2) is 42.5 Å². The highest BCUT2D eigenvalue weighted by atomic mass is 14.9. The Bertz CT molecular complexity index is 506. The molecule has 0 bridgehead atoms. The molecule has 100 valence electrons. The van der Waals surface area contributed by atoms with E-state index in [0.717, 1.165) is 5.69 Å². The summed E-state index contributed by atoms with van der Waals surface area (Å²) in [5.74, 6) is 0. The molecular formula is C18H23N. The van der Waals surface area contributed by atoms with Crippen LogP contribution in [-0.2, 0) is 6.42 Å². The van der Waals surface area contributed by atoms with Gasteiger partial charge in [-0.2, -0.15) is 0 Å². The van der Waals surface area contributed by atoms with Crippen molar-refractivity contribution in [3.8, 4) is 0 Å². The number of anilines is 2. The second kappa shape index (κ2) is 6.42. The summed E-state index contributed by atoms with van der Waals surface area (Å²) in [5, 5.41) is 3.52. The molecule has 0 aliphatic carbocycles. The van der Waals surface area contributed by atoms with Gasteiger partial charge >= 0.3 is 0 Å². The minimum Gasteiger partial charge on any atom is -0.355 e. The molecule has 0 unspecified atom stereocenters. The second-order valence-electron chi connectivity index (χ2n) is 5.20. The normalized spacial score (nSPS) is 10.5. The average Bonchev–Trinajstić information content (AvgIpc) is 2.42. The molecule has 19 heavy (non-hydrogen) atoms. The second-order valence-corrected chi connectivity index (χ2v) is 5.20. The molecule has 0 amide bonds. The smallest absolute Gasteiger partial charge is 0.0443 e. The van der Waals surface area contributed by atoms with Crippen LogP contribution >= 0.6 is 0 Å². The van der Waals surface area contributed by atoms with E-state index in [4.69, 9.17) is 0 Å². The van der Waals surface area contributed by atoms with Gasteiger partial charge in [0.05, 0.1) is 0 Å². The van der Waals surface area contributed by atoms with Crippen molar-refractivity contribution in [1.29, 1.82) is 0 Å². The Morgan fingerprint density at radius 1 is 0.947 bits per heavy atom. The van der Waals surface area contributed by atoms with Crippen molar-refractivity contribution < 1.29 is 0 Å². The number of unbranched alkanes of at least 4 members (excludes halogenated alkanes) is 1. The first kappa shape index (κ1) is 13.7. The van der Waals surface area contributed by atoms with E-state index in [9.17, 15) is 0 Å². The highest BCUT2D eigenvalue weighted by Crippen LogP contribution is 2.26. The van der Waals surface area contributed by atoms with Gasteiger partial charge in [-0.3, -0.25) is 0 Å². The fraction of sp³-hybridized carbons (Fsp3) is 0.333. The van der Waals surface area contributed by atoms with Crippen molar-refractivity contribution in [2.24, 2.45) is 0 Å². The Morgan fingerprint density at radius 3 is 2.16 bits per heavy atom. The maximum absolute atomic E-state index is 3.52. The van der Waals surface area contributed by atoms with E-state index in [0.29, 0.717) is 0 Å². The Balaban J connectivity index is 2.22. The lowest BCUT2D eigenvalue weighted by Gasteiger charge is -2.15. The molecule has 0 heterocycles. The van der Waals surface area contributed by atoms with E-state index in [1.54, 1.807) is 0 Å². The van der Waals surface area contributed by atoms with Gasteiger partial charge in [-0.15, -0.1) is 0 Å². The minimum absolute atomic E-state index is 1.15. The summed E-state index contributed by atoms with van der Waals surface area (Å²) in [4.78, 5) is 0. The van der Waals surface area contributed by atoms with Crippen molar-refractivity contribution in [2.45, 2.75) is 40.0 Å². The number of rotatable bonds is 5. The largest absolute Gasteiger partial charge is 0.355 e. The van der Waals surface area contributed by atoms with Crippen molar-refractivity contribution in [1.82, 2.24) is 0 Å². The van der Waals surface area contributed by atoms with Gasteiger partial charge in [-0.05, 0) is 55.5 Å². The molecule has 0 fully saturated rings. The Morgan fingerprint density at radius 2 is 1.58 bits per heavy atom. The topological polar surface area (TPSA) is 12.0 Å². The van der Waals surface area contributed by atoms with Gasteiger partial charge in [0.25, 0.3) is 0 Å². The molecule has 2 rings (SSSR count). The van der Waals surface area contributed by atoms with Crippen molar-refractivity contribution in [3.05, 3.63) is 59.2 Å². The fourth-order valence-electron chi connectivity index (χ4n) is 2.44. The van der Waals surface area contributed by atoms with Crippen molar-refractivity contribution >= 4 is 11.4 Å². The van der Waals surface area contributed by atoms with Crippen LogP contribution in [0.4, 0.5) is 11.4 Å². The van der Waals surface area contributed by atoms with Crippen LogP contribution in [0.2, 0.25) is 0 Å². The summed E-state index contributed by atoms with van der Waals surface area (Å²) in [6.07, 6.45) is 3.70. The molecule has 0 radical (unpaired) electrons. The quantitative estimate of drug-likeness (QED) is 0.753. The summed E-state index contributed by atoms with van der Waals surface area (Å²) in [6.45, 7) is 6.62. The van der Waals surface area contributed by atoms with Gasteiger partial charge in [0.1, 0.15) is 0 Å². The van der Waals surface area contributed by atoms with Gasteiger partial charge in [0.15, 0.2) is 0 Å². The standard InChI is InChI=1S/C18H23N/c1-4-5-9-16-12-14(2)18(15(3)13-16)19-17-10-7-6-8-11-17/h6-8,10-13,19H,4-5,9H2,1-3H3. The summed E-state index contributed by atoms with van der Waals surface area (Å²) < 4.78 is 0. The van der Waals surface area contributed by atoms with Crippen LogP contribution in [0.5, 0.6) is 0 Å². The van der Waals surface area contributed by atoms with Gasteiger partial charge in [0.2, 0.25) is 0 Å². The summed E-state index contributed by atoms with van der Waals surface area (Å²) in [6, 6.07) is 15.0. The zero-order chi connectivity index (χ0) is 13.7. The lowest BCUT2D eigenvalue weighted by Crippen LogP contribution is -1.98. The van der Waals surface area contributed by atoms with E-state index in [2.05, 4.69) is 62.5 Å². The molecule has 1 nitrogen and oxygen atoms in total. The Hall–Kier alpha value is -1.76. The van der Waals surface area contributed by atoms with Crippen LogP contribution in [0, 0.1) is 13.8 Å². The van der Waals surface area contributed by atoms with Gasteiger partial charge in [-0.25, -0.2) is 0 Å². The van der Waals surface area contributed by atoms with E-state index < -0.39 is 0 Å². The molecule has 0 atom stereocenters. The highest BCUT2D eigenvalue weighted by molar-refractivity contribution is 5.67. The molecule has 0 aromatic heterocycles. The average molecular weight is 253 g/mol. The molecule has 0 aliphatic rings. The van der Waals surface area contributed by atoms with Crippen LogP contribution in [-0.4, -0.2) is 0 Å². The molecule has 2 aromatic carbocycles. The summed E-state index contributed by atoms with van der Waals surface area (Å²) >= 11 is 0. The number of benzene rings is 2. The Labute approximate surface area is 116 Å². The Kier molecular flexibility index (Phi) is 4.62. The van der Waals surface area contributed by atoms with E-state index in [-0.39, 0.29) is 0 Å². The van der Waals surface area contributed by atoms with Crippen LogP contribution in [0.25, 0.3) is 0 Å². The third kappa shape index (κ3) is 3.60. The van der Waals surface area contributed by atoms with Crippen molar-refractivity contribution in [3.63, 3.8) is 0 Å². The summed E-state index contributed by atoms with van der Waals surface area (Å²) in [7, 11) is 0. The SMILES string of the molecule is CCCCc1cc(C)c(Nc2ccccc2)c(C)c1. The first-order chi connectivity index (χ1) is 9.20. The van der Waals surface area contributed by atoms with Crippen LogP contribution in [0.1, 0.15) is 36.5 Å². The van der Waals surface area contributed by atoms with E-state index in [1.807, 2.05) is 6.07 Å². The number of para-hydroxylation sites is 1. The van der Waals surface area contributed by atoms with Crippen LogP contribution in [0.3, 0.4) is 0 Å². The zero-order valence-corrected chi connectivity index (χ0v) is 12.2. The van der Waals surface area contributed by atoms with Gasteiger partial charge in [0, 0.05) is 11.4 Å². The molecule has 0 saturated carbocycles. The zero-order valence-electron chi connectivity index (χ0n) is 12.2. The molecule has 0 saturated heterocycles. The maximum atomic E-state index is 3.52. The molecule has 1 heteroatoms. The number of nitrogens with one attached hydrogen (secondary N) is 1.